The summed E-state index contributed by atoms with van der Waals surface area (Å²) in [6, 6.07) is 4.31. The molecule has 1 aliphatic rings. The number of carbonyl (C=O) groups is 1. The van der Waals surface area contributed by atoms with Crippen LogP contribution >= 0.6 is 0 Å². The zero-order valence-electron chi connectivity index (χ0n) is 12.6. The van der Waals surface area contributed by atoms with E-state index in [0.29, 0.717) is 17.7 Å². The highest BCUT2D eigenvalue weighted by molar-refractivity contribution is 5.77. The summed E-state index contributed by atoms with van der Waals surface area (Å²) >= 11 is 0. The van der Waals surface area contributed by atoms with Gasteiger partial charge in [0, 0.05) is 12.5 Å². The Balaban J connectivity index is 2.01. The molecule has 116 valence electrons. The second-order valence-corrected chi connectivity index (χ2v) is 5.70. The van der Waals surface area contributed by atoms with E-state index in [-0.39, 0.29) is 23.7 Å². The van der Waals surface area contributed by atoms with Gasteiger partial charge in [0.2, 0.25) is 5.91 Å². The molecule has 4 nitrogen and oxygen atoms in total. The number of hydrogen-bond donors (Lipinski definition) is 2. The molecule has 5 heteroatoms. The highest BCUT2D eigenvalue weighted by atomic mass is 19.1. The summed E-state index contributed by atoms with van der Waals surface area (Å²) in [7, 11) is 1.49. The minimum Gasteiger partial charge on any atom is -0.496 e. The molecule has 0 bridgehead atoms. The van der Waals surface area contributed by atoms with Crippen LogP contribution < -0.4 is 15.8 Å². The number of halogens is 1. The molecule has 3 atom stereocenters. The van der Waals surface area contributed by atoms with Gasteiger partial charge in [0.25, 0.3) is 0 Å². The summed E-state index contributed by atoms with van der Waals surface area (Å²) < 4.78 is 19.1. The maximum absolute atomic E-state index is 14.0. The highest BCUT2D eigenvalue weighted by Crippen LogP contribution is 2.29. The molecule has 0 aliphatic heterocycles. The summed E-state index contributed by atoms with van der Waals surface area (Å²) in [5.41, 5.74) is 6.36. The van der Waals surface area contributed by atoms with E-state index in [4.69, 9.17) is 10.5 Å². The third kappa shape index (κ3) is 3.73. The minimum atomic E-state index is -0.439. The standard InChI is InChI=1S/C16H23FN2O2/c1-10(16-12(17)6-4-8-14(16)21-2)19-15(20)9-11-5-3-7-13(11)18/h4,6,8,10-11,13H,3,5,7,9,18H2,1-2H3,(H,19,20)/t10?,11-,13+/m0/s1. The van der Waals surface area contributed by atoms with Crippen LogP contribution in [0.1, 0.15) is 44.2 Å². The van der Waals surface area contributed by atoms with Crippen LogP contribution in [0, 0.1) is 11.7 Å². The van der Waals surface area contributed by atoms with Crippen molar-refractivity contribution in [2.45, 2.75) is 44.7 Å². The average Bonchev–Trinajstić information content (AvgIpc) is 2.83. The predicted octanol–water partition coefficient (Wildman–Crippen LogP) is 2.53. The molecular weight excluding hydrogens is 271 g/mol. The van der Waals surface area contributed by atoms with Gasteiger partial charge in [-0.1, -0.05) is 12.5 Å². The second kappa shape index (κ2) is 6.89. The smallest absolute Gasteiger partial charge is 0.220 e. The van der Waals surface area contributed by atoms with E-state index in [2.05, 4.69) is 5.32 Å². The Morgan fingerprint density at radius 2 is 2.29 bits per heavy atom. The van der Waals surface area contributed by atoms with Gasteiger partial charge in [-0.05, 0) is 37.8 Å². The summed E-state index contributed by atoms with van der Waals surface area (Å²) in [6.07, 6.45) is 3.46. The molecule has 1 aromatic carbocycles. The molecule has 0 spiro atoms. The van der Waals surface area contributed by atoms with Crippen molar-refractivity contribution in [1.29, 1.82) is 0 Å². The summed E-state index contributed by atoms with van der Waals surface area (Å²) in [5, 5.41) is 2.84. The zero-order chi connectivity index (χ0) is 15.4. The molecule has 0 heterocycles. The van der Waals surface area contributed by atoms with Crippen molar-refractivity contribution in [3.8, 4) is 5.75 Å². The first-order chi connectivity index (χ1) is 10.0. The molecule has 2 rings (SSSR count). The molecule has 1 fully saturated rings. The van der Waals surface area contributed by atoms with E-state index in [1.165, 1.54) is 13.2 Å². The maximum Gasteiger partial charge on any atom is 0.220 e. The lowest BCUT2D eigenvalue weighted by Gasteiger charge is -2.20. The Labute approximate surface area is 124 Å². The Kier molecular flexibility index (Phi) is 5.17. The number of methoxy groups -OCH3 is 1. The fourth-order valence-electron chi connectivity index (χ4n) is 3.05. The fraction of sp³-hybridized carbons (Fsp3) is 0.562. The molecule has 1 aromatic rings. The number of rotatable bonds is 5. The summed E-state index contributed by atoms with van der Waals surface area (Å²) in [5.74, 6) is 0.218. The normalized spacial score (nSPS) is 22.9. The highest BCUT2D eigenvalue weighted by Gasteiger charge is 2.27. The number of ether oxygens (including phenoxy) is 1. The van der Waals surface area contributed by atoms with Crippen molar-refractivity contribution in [3.05, 3.63) is 29.6 Å². The van der Waals surface area contributed by atoms with Crippen molar-refractivity contribution in [2.75, 3.05) is 7.11 Å². The first kappa shape index (κ1) is 15.8. The van der Waals surface area contributed by atoms with E-state index in [1.54, 1.807) is 19.1 Å². The van der Waals surface area contributed by atoms with Crippen LogP contribution in [0.5, 0.6) is 5.75 Å². The number of nitrogens with two attached hydrogens (primary N) is 1. The van der Waals surface area contributed by atoms with Gasteiger partial charge in [-0.25, -0.2) is 4.39 Å². The average molecular weight is 294 g/mol. The second-order valence-electron chi connectivity index (χ2n) is 5.70. The Morgan fingerprint density at radius 1 is 1.52 bits per heavy atom. The monoisotopic (exact) mass is 294 g/mol. The maximum atomic E-state index is 14.0. The lowest BCUT2D eigenvalue weighted by Crippen LogP contribution is -2.33. The van der Waals surface area contributed by atoms with Gasteiger partial charge in [-0.2, -0.15) is 0 Å². The van der Waals surface area contributed by atoms with Crippen molar-refractivity contribution in [1.82, 2.24) is 5.32 Å². The van der Waals surface area contributed by atoms with Crippen molar-refractivity contribution >= 4 is 5.91 Å². The van der Waals surface area contributed by atoms with Gasteiger partial charge >= 0.3 is 0 Å². The van der Waals surface area contributed by atoms with Crippen molar-refractivity contribution in [3.63, 3.8) is 0 Å². The van der Waals surface area contributed by atoms with Gasteiger partial charge < -0.3 is 15.8 Å². The number of nitrogens with one attached hydrogen (secondary N) is 1. The third-order valence-corrected chi connectivity index (χ3v) is 4.21. The minimum absolute atomic E-state index is 0.0878. The Hall–Kier alpha value is -1.62. The number of hydrogen-bond acceptors (Lipinski definition) is 3. The van der Waals surface area contributed by atoms with Crippen LogP contribution in [0.4, 0.5) is 4.39 Å². The summed E-state index contributed by atoms with van der Waals surface area (Å²) in [4.78, 5) is 12.1. The topological polar surface area (TPSA) is 64.3 Å². The molecule has 1 amide bonds. The zero-order valence-corrected chi connectivity index (χ0v) is 12.6. The molecule has 21 heavy (non-hydrogen) atoms. The van der Waals surface area contributed by atoms with Crippen LogP contribution in [-0.2, 0) is 4.79 Å². The van der Waals surface area contributed by atoms with Gasteiger partial charge in [0.1, 0.15) is 11.6 Å². The van der Waals surface area contributed by atoms with Crippen LogP contribution in [0.15, 0.2) is 18.2 Å². The molecule has 3 N–H and O–H groups in total. The number of carbonyl (C=O) groups excluding carboxylic acids is 1. The quantitative estimate of drug-likeness (QED) is 0.877. The van der Waals surface area contributed by atoms with E-state index < -0.39 is 6.04 Å². The van der Waals surface area contributed by atoms with Gasteiger partial charge in [-0.15, -0.1) is 0 Å². The first-order valence-corrected chi connectivity index (χ1v) is 7.40. The van der Waals surface area contributed by atoms with Gasteiger partial charge in [0.05, 0.1) is 18.7 Å². The lowest BCUT2D eigenvalue weighted by atomic mass is 9.99. The molecule has 1 aliphatic carbocycles. The molecule has 0 saturated heterocycles. The van der Waals surface area contributed by atoms with Gasteiger partial charge in [0.15, 0.2) is 0 Å². The van der Waals surface area contributed by atoms with Crippen LogP contribution in [0.2, 0.25) is 0 Å². The Bertz CT molecular complexity index is 507. The fourth-order valence-corrected chi connectivity index (χ4v) is 3.05. The molecule has 0 radical (unpaired) electrons. The van der Waals surface area contributed by atoms with Crippen molar-refractivity contribution < 1.29 is 13.9 Å². The molecule has 1 unspecified atom stereocenters. The largest absolute Gasteiger partial charge is 0.496 e. The third-order valence-electron chi connectivity index (χ3n) is 4.21. The van der Waals surface area contributed by atoms with Crippen LogP contribution in [0.3, 0.4) is 0 Å². The number of amides is 1. The number of benzene rings is 1. The van der Waals surface area contributed by atoms with Crippen molar-refractivity contribution in [2.24, 2.45) is 11.7 Å². The SMILES string of the molecule is COc1cccc(F)c1C(C)NC(=O)C[C@@H]1CCC[C@H]1N. The van der Waals surface area contributed by atoms with E-state index >= 15 is 0 Å². The lowest BCUT2D eigenvalue weighted by molar-refractivity contribution is -0.122. The molecular formula is C16H23FN2O2. The van der Waals surface area contributed by atoms with Crippen LogP contribution in [0.25, 0.3) is 0 Å². The van der Waals surface area contributed by atoms with Gasteiger partial charge in [-0.3, -0.25) is 4.79 Å². The van der Waals surface area contributed by atoms with E-state index in [9.17, 15) is 9.18 Å². The molecule has 0 aromatic heterocycles. The summed E-state index contributed by atoms with van der Waals surface area (Å²) in [6.45, 7) is 1.76. The Morgan fingerprint density at radius 3 is 2.90 bits per heavy atom. The van der Waals surface area contributed by atoms with E-state index in [1.807, 2.05) is 0 Å². The van der Waals surface area contributed by atoms with E-state index in [0.717, 1.165) is 19.3 Å². The molecule has 1 saturated carbocycles. The van der Waals surface area contributed by atoms with Crippen LogP contribution in [-0.4, -0.2) is 19.1 Å². The predicted molar refractivity (Wildman–Crippen MR) is 79.4 cm³/mol. The first-order valence-electron chi connectivity index (χ1n) is 7.40.